The number of amides is 1. The van der Waals surface area contributed by atoms with Crippen LogP contribution in [0.5, 0.6) is 0 Å². The Labute approximate surface area is 177 Å². The molecule has 0 aliphatic carbocycles. The summed E-state index contributed by atoms with van der Waals surface area (Å²) in [5.41, 5.74) is 1.32. The summed E-state index contributed by atoms with van der Waals surface area (Å²) in [7, 11) is -3.57. The van der Waals surface area contributed by atoms with Gasteiger partial charge in [-0.3, -0.25) is 14.2 Å². The molecule has 1 amide bonds. The molecule has 8 nitrogen and oxygen atoms in total. The molecule has 1 aromatic heterocycles. The van der Waals surface area contributed by atoms with Gasteiger partial charge < -0.3 is 10.1 Å². The lowest BCUT2D eigenvalue weighted by Gasteiger charge is -2.26. The quantitative estimate of drug-likeness (QED) is 0.624. The van der Waals surface area contributed by atoms with Crippen molar-refractivity contribution in [1.82, 2.24) is 8.87 Å². The summed E-state index contributed by atoms with van der Waals surface area (Å²) in [6, 6.07) is 13.6. The molecule has 0 spiro atoms. The number of anilines is 1. The van der Waals surface area contributed by atoms with Gasteiger partial charge in [-0.05, 0) is 36.4 Å². The number of benzene rings is 2. The molecule has 1 aliphatic rings. The molecule has 0 atom stereocenters. The van der Waals surface area contributed by atoms with E-state index in [1.807, 2.05) is 24.3 Å². The smallest absolute Gasteiger partial charge is 0.308 e. The van der Waals surface area contributed by atoms with Crippen LogP contribution < -0.4 is 10.2 Å². The van der Waals surface area contributed by atoms with Crippen LogP contribution in [-0.2, 0) is 26.1 Å². The van der Waals surface area contributed by atoms with Crippen molar-refractivity contribution in [2.75, 3.05) is 31.6 Å². The Bertz CT molecular complexity index is 1210. The maximum absolute atomic E-state index is 12.6. The van der Waals surface area contributed by atoms with E-state index >= 15 is 0 Å². The predicted molar refractivity (Wildman–Crippen MR) is 115 cm³/mol. The summed E-state index contributed by atoms with van der Waals surface area (Å²) in [6.07, 6.45) is 0.133. The van der Waals surface area contributed by atoms with E-state index in [0.29, 0.717) is 32.0 Å². The lowest BCUT2D eigenvalue weighted by molar-refractivity contribution is -0.116. The van der Waals surface area contributed by atoms with Crippen molar-refractivity contribution in [3.63, 3.8) is 0 Å². The van der Waals surface area contributed by atoms with E-state index in [0.717, 1.165) is 21.6 Å². The highest BCUT2D eigenvalue weighted by Gasteiger charge is 2.26. The zero-order valence-corrected chi connectivity index (χ0v) is 17.7. The number of nitrogens with one attached hydrogen (secondary N) is 1. The summed E-state index contributed by atoms with van der Waals surface area (Å²) in [5.74, 6) is -0.249. The van der Waals surface area contributed by atoms with E-state index in [9.17, 15) is 18.0 Å². The number of hydrogen-bond acceptors (Lipinski definition) is 6. The van der Waals surface area contributed by atoms with E-state index < -0.39 is 10.0 Å². The molecule has 0 radical (unpaired) electrons. The third-order valence-corrected chi connectivity index (χ3v) is 7.76. The first-order valence-corrected chi connectivity index (χ1v) is 11.8. The first-order valence-electron chi connectivity index (χ1n) is 9.51. The summed E-state index contributed by atoms with van der Waals surface area (Å²) in [6.45, 7) is 1.71. The van der Waals surface area contributed by atoms with Crippen LogP contribution in [0.1, 0.15) is 6.42 Å². The minimum absolute atomic E-state index is 0.0957. The molecule has 3 aromatic rings. The van der Waals surface area contributed by atoms with Gasteiger partial charge in [0, 0.05) is 31.7 Å². The number of ether oxygens (including phenoxy) is 1. The first-order chi connectivity index (χ1) is 14.4. The third-order valence-electron chi connectivity index (χ3n) is 4.88. The number of hydrogen-bond donors (Lipinski definition) is 1. The van der Waals surface area contributed by atoms with Crippen molar-refractivity contribution in [2.45, 2.75) is 17.9 Å². The Balaban J connectivity index is 1.39. The van der Waals surface area contributed by atoms with Crippen LogP contribution in [0, 0.1) is 0 Å². The molecule has 1 saturated heterocycles. The summed E-state index contributed by atoms with van der Waals surface area (Å²) < 4.78 is 34.4. The topological polar surface area (TPSA) is 97.7 Å². The van der Waals surface area contributed by atoms with Gasteiger partial charge in [-0.2, -0.15) is 4.31 Å². The van der Waals surface area contributed by atoms with E-state index in [2.05, 4.69) is 5.32 Å². The monoisotopic (exact) mass is 447 g/mol. The standard InChI is InChI=1S/C20H21N3O5S2/c24-19(9-10-23-17-3-1-2-4-18(17)29-20(23)25)21-15-5-7-16(8-6-15)30(26,27)22-11-13-28-14-12-22/h1-8H,9-14H2,(H,21,24). The molecule has 2 heterocycles. The second-order valence-electron chi connectivity index (χ2n) is 6.83. The van der Waals surface area contributed by atoms with Crippen LogP contribution in [-0.4, -0.2) is 49.5 Å². The third kappa shape index (κ3) is 4.31. The van der Waals surface area contributed by atoms with Gasteiger partial charge >= 0.3 is 4.87 Å². The molecular weight excluding hydrogens is 426 g/mol. The van der Waals surface area contributed by atoms with Gasteiger partial charge in [-0.25, -0.2) is 8.42 Å². The summed E-state index contributed by atoms with van der Waals surface area (Å²) in [4.78, 5) is 24.6. The number of aryl methyl sites for hydroxylation is 1. The molecule has 1 fully saturated rings. The summed E-state index contributed by atoms with van der Waals surface area (Å²) >= 11 is 1.16. The van der Waals surface area contributed by atoms with Crippen molar-refractivity contribution in [1.29, 1.82) is 0 Å². The van der Waals surface area contributed by atoms with Gasteiger partial charge in [0.15, 0.2) is 0 Å². The number of thiazole rings is 1. The van der Waals surface area contributed by atoms with E-state index in [1.54, 1.807) is 16.7 Å². The maximum Gasteiger partial charge on any atom is 0.308 e. The minimum Gasteiger partial charge on any atom is -0.379 e. The van der Waals surface area contributed by atoms with Crippen molar-refractivity contribution < 1.29 is 17.9 Å². The number of carbonyl (C=O) groups excluding carboxylic acids is 1. The fourth-order valence-corrected chi connectivity index (χ4v) is 5.63. The molecule has 1 aliphatic heterocycles. The highest BCUT2D eigenvalue weighted by Crippen LogP contribution is 2.20. The highest BCUT2D eigenvalue weighted by molar-refractivity contribution is 7.89. The fourth-order valence-electron chi connectivity index (χ4n) is 3.31. The molecule has 1 N–H and O–H groups in total. The van der Waals surface area contributed by atoms with E-state index in [1.165, 1.54) is 16.4 Å². The number of fused-ring (bicyclic) bond motifs is 1. The number of sulfonamides is 1. The number of carbonyl (C=O) groups is 1. The van der Waals surface area contributed by atoms with E-state index in [4.69, 9.17) is 4.74 Å². The van der Waals surface area contributed by atoms with Crippen LogP contribution in [0.3, 0.4) is 0 Å². The highest BCUT2D eigenvalue weighted by atomic mass is 32.2. The largest absolute Gasteiger partial charge is 0.379 e. The van der Waals surface area contributed by atoms with Crippen LogP contribution in [0.2, 0.25) is 0 Å². The second kappa shape index (κ2) is 8.68. The number of para-hydroxylation sites is 1. The Hall–Kier alpha value is -2.53. The van der Waals surface area contributed by atoms with Gasteiger partial charge in [-0.15, -0.1) is 0 Å². The molecule has 0 saturated carbocycles. The molecule has 0 bridgehead atoms. The van der Waals surface area contributed by atoms with Gasteiger partial charge in [-0.1, -0.05) is 23.5 Å². The molecule has 4 rings (SSSR count). The number of aromatic nitrogens is 1. The molecule has 158 valence electrons. The van der Waals surface area contributed by atoms with Crippen molar-refractivity contribution >= 4 is 43.2 Å². The maximum atomic E-state index is 12.6. The van der Waals surface area contributed by atoms with Crippen LogP contribution in [0.25, 0.3) is 10.2 Å². The average Bonchev–Trinajstić information content (AvgIpc) is 3.08. The zero-order valence-electron chi connectivity index (χ0n) is 16.1. The number of morpholine rings is 1. The zero-order chi connectivity index (χ0) is 21.1. The van der Waals surface area contributed by atoms with Gasteiger partial charge in [0.25, 0.3) is 0 Å². The van der Waals surface area contributed by atoms with Crippen LogP contribution in [0.4, 0.5) is 5.69 Å². The SMILES string of the molecule is O=C(CCn1c(=O)sc2ccccc21)Nc1ccc(S(=O)(=O)N2CCOCC2)cc1. The Kier molecular flexibility index (Phi) is 6.00. The number of rotatable bonds is 6. The predicted octanol–water partition coefficient (Wildman–Crippen LogP) is 2.11. The minimum atomic E-state index is -3.57. The Morgan fingerprint density at radius 3 is 2.50 bits per heavy atom. The molecule has 2 aromatic carbocycles. The average molecular weight is 448 g/mol. The van der Waals surface area contributed by atoms with Gasteiger partial charge in [0.05, 0.1) is 28.3 Å². The van der Waals surface area contributed by atoms with Gasteiger partial charge in [0.1, 0.15) is 0 Å². The lowest BCUT2D eigenvalue weighted by Crippen LogP contribution is -2.40. The molecular formula is C20H21N3O5S2. The Morgan fingerprint density at radius 2 is 1.77 bits per heavy atom. The van der Waals surface area contributed by atoms with Crippen molar-refractivity contribution in [3.8, 4) is 0 Å². The van der Waals surface area contributed by atoms with Crippen molar-refractivity contribution in [2.24, 2.45) is 0 Å². The molecule has 30 heavy (non-hydrogen) atoms. The fraction of sp³-hybridized carbons (Fsp3) is 0.300. The Morgan fingerprint density at radius 1 is 1.07 bits per heavy atom. The van der Waals surface area contributed by atoms with Crippen LogP contribution in [0.15, 0.2) is 58.2 Å². The summed E-state index contributed by atoms with van der Waals surface area (Å²) in [5, 5.41) is 2.75. The number of nitrogens with zero attached hydrogens (tertiary/aromatic N) is 2. The second-order valence-corrected chi connectivity index (χ2v) is 9.76. The lowest BCUT2D eigenvalue weighted by atomic mass is 10.3. The van der Waals surface area contributed by atoms with Crippen LogP contribution >= 0.6 is 11.3 Å². The van der Waals surface area contributed by atoms with Gasteiger partial charge in [0.2, 0.25) is 15.9 Å². The van der Waals surface area contributed by atoms with E-state index in [-0.39, 0.29) is 28.6 Å². The molecule has 10 heteroatoms. The van der Waals surface area contributed by atoms with Crippen molar-refractivity contribution in [3.05, 3.63) is 58.2 Å². The molecule has 0 unspecified atom stereocenters. The normalized spacial score (nSPS) is 15.3. The first kappa shape index (κ1) is 20.7.